The van der Waals surface area contributed by atoms with Gasteiger partial charge in [0.05, 0.1) is 0 Å². The second kappa shape index (κ2) is 18.7. The van der Waals surface area contributed by atoms with E-state index in [0.717, 1.165) is 30.6 Å². The molecule has 7 heteroatoms. The molecule has 0 aliphatic carbocycles. The van der Waals surface area contributed by atoms with Crippen LogP contribution in [0.15, 0.2) is 24.3 Å². The second-order valence-electron chi connectivity index (χ2n) is 9.43. The molecule has 0 saturated carbocycles. The zero-order valence-electron chi connectivity index (χ0n) is 21.3. The Kier molecular flexibility index (Phi) is 16.8. The number of halogens is 4. The monoisotopic (exact) mass is 517 g/mol. The van der Waals surface area contributed by atoms with Gasteiger partial charge in [0.25, 0.3) is 5.24 Å². The van der Waals surface area contributed by atoms with Gasteiger partial charge in [-0.15, -0.1) is 0 Å². The molecule has 1 rings (SSSR count). The van der Waals surface area contributed by atoms with E-state index in [1.807, 2.05) is 0 Å². The summed E-state index contributed by atoms with van der Waals surface area (Å²) in [5.41, 5.74) is 0.290. The van der Waals surface area contributed by atoms with Crippen molar-refractivity contribution in [3.05, 3.63) is 29.8 Å². The van der Waals surface area contributed by atoms with E-state index in [1.165, 1.54) is 101 Å². The fourth-order valence-corrected chi connectivity index (χ4v) is 4.39. The molecule has 0 radical (unpaired) electrons. The molecule has 1 aromatic carbocycles. The van der Waals surface area contributed by atoms with Crippen molar-refractivity contribution in [2.75, 3.05) is 11.4 Å². The van der Waals surface area contributed by atoms with Crippen LogP contribution in [0.3, 0.4) is 0 Å². The van der Waals surface area contributed by atoms with Gasteiger partial charge < -0.3 is 4.90 Å². The number of hydrogen-bond acceptors (Lipinski definition) is 2. The Bertz CT molecular complexity index is 707. The lowest BCUT2D eigenvalue weighted by Crippen LogP contribution is -2.41. The Balaban J connectivity index is 2.15. The number of carbonyl (C=O) groups is 2. The summed E-state index contributed by atoms with van der Waals surface area (Å²) in [5.74, 6) is -1.89. The fraction of sp³-hybridized carbons (Fsp3) is 0.714. The molecule has 1 amide bonds. The first-order valence-corrected chi connectivity index (χ1v) is 13.8. The molecular weight excluding hydrogens is 475 g/mol. The molecule has 0 aromatic heterocycles. The number of rotatable bonds is 20. The zero-order valence-corrected chi connectivity index (χ0v) is 22.1. The number of hydrogen-bond donors (Lipinski definition) is 0. The largest absolute Gasteiger partial charge is 0.471 e. The van der Waals surface area contributed by atoms with Gasteiger partial charge in [0.2, 0.25) is 0 Å². The van der Waals surface area contributed by atoms with Gasteiger partial charge in [0, 0.05) is 17.8 Å². The molecule has 0 fully saturated rings. The van der Waals surface area contributed by atoms with E-state index in [-0.39, 0.29) is 17.8 Å². The molecule has 0 aliphatic heterocycles. The Morgan fingerprint density at radius 3 is 1.40 bits per heavy atom. The Morgan fingerprint density at radius 1 is 0.686 bits per heavy atom. The predicted octanol–water partition coefficient (Wildman–Crippen LogP) is 9.61. The van der Waals surface area contributed by atoms with Gasteiger partial charge in [-0.1, -0.05) is 110 Å². The van der Waals surface area contributed by atoms with E-state index in [0.29, 0.717) is 6.42 Å². The van der Waals surface area contributed by atoms with E-state index in [2.05, 4.69) is 6.92 Å². The quantitative estimate of drug-likeness (QED) is 0.127. The Hall–Kier alpha value is -1.56. The predicted molar refractivity (Wildman–Crippen MR) is 139 cm³/mol. The molecule has 0 spiro atoms. The minimum atomic E-state index is -4.95. The Labute approximate surface area is 214 Å². The molecular formula is C28H43ClF3NO2. The van der Waals surface area contributed by atoms with Crippen molar-refractivity contribution in [2.45, 2.75) is 122 Å². The van der Waals surface area contributed by atoms with Gasteiger partial charge in [-0.3, -0.25) is 9.59 Å². The number of carbonyl (C=O) groups excluding carboxylic acids is 2. The summed E-state index contributed by atoms with van der Waals surface area (Å²) in [7, 11) is 0. The molecule has 3 nitrogen and oxygen atoms in total. The molecule has 0 saturated heterocycles. The molecule has 35 heavy (non-hydrogen) atoms. The molecule has 0 bridgehead atoms. The van der Waals surface area contributed by atoms with E-state index < -0.39 is 17.3 Å². The third-order valence-corrected chi connectivity index (χ3v) is 6.60. The molecule has 0 aliphatic rings. The van der Waals surface area contributed by atoms with Gasteiger partial charge >= 0.3 is 12.1 Å². The van der Waals surface area contributed by atoms with Gasteiger partial charge in [-0.2, -0.15) is 13.2 Å². The first kappa shape index (κ1) is 31.5. The van der Waals surface area contributed by atoms with Crippen LogP contribution in [-0.2, 0) is 4.79 Å². The molecule has 0 atom stereocenters. The van der Waals surface area contributed by atoms with Crippen LogP contribution in [0.4, 0.5) is 18.9 Å². The highest BCUT2D eigenvalue weighted by atomic mass is 35.5. The van der Waals surface area contributed by atoms with Crippen molar-refractivity contribution < 1.29 is 22.8 Å². The van der Waals surface area contributed by atoms with Crippen molar-refractivity contribution in [3.63, 3.8) is 0 Å². The first-order chi connectivity index (χ1) is 16.8. The summed E-state index contributed by atoms with van der Waals surface area (Å²) in [6, 6.07) is 5.31. The van der Waals surface area contributed by atoms with E-state index in [9.17, 15) is 22.8 Å². The topological polar surface area (TPSA) is 37.4 Å². The lowest BCUT2D eigenvalue weighted by atomic mass is 10.0. The summed E-state index contributed by atoms with van der Waals surface area (Å²) in [6.45, 7) is 2.24. The number of amides is 1. The van der Waals surface area contributed by atoms with E-state index in [1.54, 1.807) is 0 Å². The lowest BCUT2D eigenvalue weighted by molar-refractivity contribution is -0.170. The second-order valence-corrected chi connectivity index (χ2v) is 9.78. The minimum Gasteiger partial charge on any atom is -0.305 e. The molecule has 1 aromatic rings. The van der Waals surface area contributed by atoms with Gasteiger partial charge in [-0.05, 0) is 42.3 Å². The number of anilines is 1. The zero-order chi connectivity index (χ0) is 25.9. The number of nitrogens with zero attached hydrogens (tertiary/aromatic N) is 1. The lowest BCUT2D eigenvalue weighted by Gasteiger charge is -2.24. The maximum absolute atomic E-state index is 13.0. The highest BCUT2D eigenvalue weighted by Crippen LogP contribution is 2.25. The summed E-state index contributed by atoms with van der Waals surface area (Å²) in [5, 5.41) is -0.696. The first-order valence-electron chi connectivity index (χ1n) is 13.5. The standard InChI is InChI=1S/C28H43ClF3NO2/c1-2-3-4-5-6-7-8-9-10-11-12-13-14-15-16-17-18-23-33(27(35)28(30,31)32)25-21-19-24(20-22-25)26(29)34/h19-22H,2-18,23H2,1H3. The molecule has 0 heterocycles. The van der Waals surface area contributed by atoms with Crippen molar-refractivity contribution >= 4 is 28.4 Å². The van der Waals surface area contributed by atoms with E-state index >= 15 is 0 Å². The number of unbranched alkanes of at least 4 members (excludes halogenated alkanes) is 16. The maximum atomic E-state index is 13.0. The third-order valence-electron chi connectivity index (χ3n) is 6.38. The normalized spacial score (nSPS) is 11.6. The minimum absolute atomic E-state index is 0.00881. The van der Waals surface area contributed by atoms with Crippen LogP contribution in [0.25, 0.3) is 0 Å². The highest BCUT2D eigenvalue weighted by molar-refractivity contribution is 6.67. The van der Waals surface area contributed by atoms with Crippen molar-refractivity contribution in [1.82, 2.24) is 0 Å². The summed E-state index contributed by atoms with van der Waals surface area (Å²) in [6.07, 6.45) is 15.4. The van der Waals surface area contributed by atoms with Crippen LogP contribution in [-0.4, -0.2) is 23.9 Å². The number of benzene rings is 1. The summed E-state index contributed by atoms with van der Waals surface area (Å²) >= 11 is 5.39. The fourth-order valence-electron chi connectivity index (χ4n) is 4.27. The van der Waals surface area contributed by atoms with Gasteiger partial charge in [-0.25, -0.2) is 0 Å². The van der Waals surface area contributed by atoms with Crippen molar-refractivity contribution in [3.8, 4) is 0 Å². The SMILES string of the molecule is CCCCCCCCCCCCCCCCCCCN(C(=O)C(F)(F)F)c1ccc(C(=O)Cl)cc1. The maximum Gasteiger partial charge on any atom is 0.471 e. The van der Waals surface area contributed by atoms with Crippen LogP contribution < -0.4 is 4.90 Å². The summed E-state index contributed by atoms with van der Waals surface area (Å²) < 4.78 is 39.1. The highest BCUT2D eigenvalue weighted by Gasteiger charge is 2.42. The Morgan fingerprint density at radius 2 is 1.06 bits per heavy atom. The molecule has 0 N–H and O–H groups in total. The average molecular weight is 518 g/mol. The van der Waals surface area contributed by atoms with Crippen LogP contribution in [0.1, 0.15) is 126 Å². The van der Waals surface area contributed by atoms with Crippen LogP contribution in [0.5, 0.6) is 0 Å². The van der Waals surface area contributed by atoms with Crippen molar-refractivity contribution in [2.24, 2.45) is 0 Å². The summed E-state index contributed by atoms with van der Waals surface area (Å²) in [4.78, 5) is 23.8. The van der Waals surface area contributed by atoms with Gasteiger partial charge in [0.15, 0.2) is 0 Å². The van der Waals surface area contributed by atoms with Crippen LogP contribution in [0, 0.1) is 0 Å². The van der Waals surface area contributed by atoms with Crippen LogP contribution in [0.2, 0.25) is 0 Å². The third kappa shape index (κ3) is 14.6. The molecule has 200 valence electrons. The smallest absolute Gasteiger partial charge is 0.305 e. The number of alkyl halides is 3. The molecule has 0 unspecified atom stereocenters. The van der Waals surface area contributed by atoms with Gasteiger partial charge in [0.1, 0.15) is 0 Å². The van der Waals surface area contributed by atoms with E-state index in [4.69, 9.17) is 11.6 Å². The van der Waals surface area contributed by atoms with Crippen LogP contribution >= 0.6 is 11.6 Å². The van der Waals surface area contributed by atoms with Crippen molar-refractivity contribution in [1.29, 1.82) is 0 Å². The average Bonchev–Trinajstić information content (AvgIpc) is 2.82.